The van der Waals surface area contributed by atoms with Gasteiger partial charge in [-0.25, -0.2) is 0 Å². The van der Waals surface area contributed by atoms with Crippen molar-refractivity contribution in [1.82, 2.24) is 15.5 Å². The number of alkyl halides is 8. The van der Waals surface area contributed by atoms with Crippen LogP contribution < -0.4 is 20.3 Å². The maximum absolute atomic E-state index is 14.4. The standard InChI is InChI=1S/C29H38F8N4O4/c1-16(2)41(18-7-5-17(6-8-18)9-10-38-15-28(32,33)34)25(43)19-13-21-22(14-20(19)29(35,36)37)45-27(3,4)26(44)40(21)12-11-39-24(42)23(30)31/h13-14,16-18,23,38H,5-12,15H2,1-4H3,(H,39,42)/t17-,18+. The molecule has 0 aromatic heterocycles. The number of nitrogens with one attached hydrogen (secondary N) is 2. The molecule has 0 saturated heterocycles. The van der Waals surface area contributed by atoms with Crippen molar-refractivity contribution in [1.29, 1.82) is 0 Å². The molecule has 1 aromatic carbocycles. The molecule has 2 aliphatic rings. The molecule has 1 aliphatic heterocycles. The summed E-state index contributed by atoms with van der Waals surface area (Å²) in [6.07, 6.45) is -10.1. The average molecular weight is 659 g/mol. The smallest absolute Gasteiger partial charge is 0.417 e. The minimum atomic E-state index is -4.99. The van der Waals surface area contributed by atoms with E-state index in [1.54, 1.807) is 13.8 Å². The van der Waals surface area contributed by atoms with Gasteiger partial charge < -0.3 is 25.2 Å². The van der Waals surface area contributed by atoms with Crippen LogP contribution in [0.4, 0.5) is 40.8 Å². The van der Waals surface area contributed by atoms with Crippen LogP contribution in [-0.2, 0) is 15.8 Å². The SMILES string of the molecule is CC(C)N(C(=O)c1cc2c(cc1C(F)(F)F)OC(C)(C)C(=O)N2CCNC(=O)C(F)F)[C@H]1CC[C@@H](CCNCC(F)(F)F)CC1. The number of nitrogens with zero attached hydrogens (tertiary/aromatic N) is 2. The maximum Gasteiger partial charge on any atom is 0.417 e. The van der Waals surface area contributed by atoms with Gasteiger partial charge in [-0.3, -0.25) is 14.4 Å². The summed E-state index contributed by atoms with van der Waals surface area (Å²) in [5.41, 5.74) is -3.83. The summed E-state index contributed by atoms with van der Waals surface area (Å²) in [6, 6.07) is 0.592. The fourth-order valence-corrected chi connectivity index (χ4v) is 5.82. The summed E-state index contributed by atoms with van der Waals surface area (Å²) in [4.78, 5) is 40.9. The number of hydrogen-bond donors (Lipinski definition) is 2. The second-order valence-corrected chi connectivity index (χ2v) is 12.1. The van der Waals surface area contributed by atoms with E-state index in [1.807, 2.05) is 5.32 Å². The molecule has 1 aliphatic carbocycles. The lowest BCUT2D eigenvalue weighted by Gasteiger charge is -2.41. The van der Waals surface area contributed by atoms with Crippen molar-refractivity contribution in [2.75, 3.05) is 31.1 Å². The Morgan fingerprint density at radius 1 is 1.04 bits per heavy atom. The number of anilines is 1. The zero-order valence-corrected chi connectivity index (χ0v) is 25.4. The minimum absolute atomic E-state index is 0.0891. The molecule has 45 heavy (non-hydrogen) atoms. The zero-order chi connectivity index (χ0) is 33.9. The van der Waals surface area contributed by atoms with Crippen molar-refractivity contribution in [2.45, 2.75) is 96.3 Å². The Morgan fingerprint density at radius 2 is 1.67 bits per heavy atom. The molecule has 254 valence electrons. The minimum Gasteiger partial charge on any atom is -0.476 e. The summed E-state index contributed by atoms with van der Waals surface area (Å²) in [7, 11) is 0. The van der Waals surface area contributed by atoms with Gasteiger partial charge in [-0.2, -0.15) is 35.1 Å². The Hall–Kier alpha value is -3.17. The lowest BCUT2D eigenvalue weighted by Crippen LogP contribution is -2.54. The van der Waals surface area contributed by atoms with Crippen LogP contribution in [0.3, 0.4) is 0 Å². The van der Waals surface area contributed by atoms with E-state index in [0.717, 1.165) is 11.0 Å². The second kappa shape index (κ2) is 14.1. The number of ether oxygens (including phenoxy) is 1. The molecule has 1 saturated carbocycles. The van der Waals surface area contributed by atoms with E-state index in [1.165, 1.54) is 18.7 Å². The largest absolute Gasteiger partial charge is 0.476 e. The van der Waals surface area contributed by atoms with E-state index >= 15 is 0 Å². The highest BCUT2D eigenvalue weighted by Gasteiger charge is 2.45. The van der Waals surface area contributed by atoms with Gasteiger partial charge in [0, 0.05) is 25.2 Å². The molecule has 3 rings (SSSR count). The molecule has 2 N–H and O–H groups in total. The van der Waals surface area contributed by atoms with E-state index < -0.39 is 78.4 Å². The molecule has 0 atom stereocenters. The number of hydrogen-bond acceptors (Lipinski definition) is 5. The molecule has 3 amide bonds. The number of fused-ring (bicyclic) bond motifs is 1. The first-order valence-corrected chi connectivity index (χ1v) is 14.6. The number of carbonyl (C=O) groups excluding carboxylic acids is 3. The molecular weight excluding hydrogens is 620 g/mol. The molecule has 1 heterocycles. The predicted octanol–water partition coefficient (Wildman–Crippen LogP) is 5.54. The highest BCUT2D eigenvalue weighted by atomic mass is 19.4. The number of carbonyl (C=O) groups is 3. The lowest BCUT2D eigenvalue weighted by molar-refractivity contribution is -0.138. The third-order valence-corrected chi connectivity index (χ3v) is 7.94. The fraction of sp³-hybridized carbons (Fsp3) is 0.690. The molecule has 1 aromatic rings. The summed E-state index contributed by atoms with van der Waals surface area (Å²) in [6.45, 7) is 4.18. The molecule has 8 nitrogen and oxygen atoms in total. The van der Waals surface area contributed by atoms with Crippen molar-refractivity contribution in [2.24, 2.45) is 5.92 Å². The highest BCUT2D eigenvalue weighted by Crippen LogP contribution is 2.44. The van der Waals surface area contributed by atoms with Gasteiger partial charge >= 0.3 is 18.8 Å². The van der Waals surface area contributed by atoms with Crippen LogP contribution in [0.2, 0.25) is 0 Å². The van der Waals surface area contributed by atoms with Crippen LogP contribution in [-0.4, -0.2) is 79.1 Å². The van der Waals surface area contributed by atoms with Gasteiger partial charge in [0.05, 0.1) is 23.4 Å². The van der Waals surface area contributed by atoms with Crippen LogP contribution in [0, 0.1) is 5.92 Å². The Balaban J connectivity index is 1.89. The van der Waals surface area contributed by atoms with Crippen LogP contribution in [0.25, 0.3) is 0 Å². The van der Waals surface area contributed by atoms with Crippen LogP contribution in [0.1, 0.15) is 75.7 Å². The molecule has 0 radical (unpaired) electrons. The molecule has 0 unspecified atom stereocenters. The summed E-state index contributed by atoms with van der Waals surface area (Å²) < 4.78 is 111. The predicted molar refractivity (Wildman–Crippen MR) is 148 cm³/mol. The number of benzene rings is 1. The van der Waals surface area contributed by atoms with Gasteiger partial charge in [-0.1, -0.05) is 0 Å². The third kappa shape index (κ3) is 9.19. The van der Waals surface area contributed by atoms with Gasteiger partial charge in [0.1, 0.15) is 5.75 Å². The Labute approximate surface area is 255 Å². The fourth-order valence-electron chi connectivity index (χ4n) is 5.82. The first kappa shape index (κ1) is 36.3. The van der Waals surface area contributed by atoms with E-state index in [2.05, 4.69) is 5.32 Å². The Kier molecular flexibility index (Phi) is 11.4. The van der Waals surface area contributed by atoms with Gasteiger partial charge in [-0.15, -0.1) is 0 Å². The molecule has 1 fully saturated rings. The number of halogens is 8. The first-order valence-electron chi connectivity index (χ1n) is 14.6. The second-order valence-electron chi connectivity index (χ2n) is 12.1. The summed E-state index contributed by atoms with van der Waals surface area (Å²) >= 11 is 0. The Bertz CT molecular complexity index is 1230. The van der Waals surface area contributed by atoms with E-state index in [0.29, 0.717) is 38.2 Å². The van der Waals surface area contributed by atoms with E-state index in [4.69, 9.17) is 4.74 Å². The quantitative estimate of drug-likeness (QED) is 0.241. The number of rotatable bonds is 11. The molecular formula is C29H38F8N4O4. The summed E-state index contributed by atoms with van der Waals surface area (Å²) in [5.74, 6) is -3.49. The average Bonchev–Trinajstić information content (AvgIpc) is 2.92. The van der Waals surface area contributed by atoms with Crippen LogP contribution >= 0.6 is 0 Å². The van der Waals surface area contributed by atoms with E-state index in [9.17, 15) is 49.5 Å². The summed E-state index contributed by atoms with van der Waals surface area (Å²) in [5, 5.41) is 4.31. The van der Waals surface area contributed by atoms with Crippen LogP contribution in [0.5, 0.6) is 5.75 Å². The number of amides is 3. The first-order chi connectivity index (χ1) is 20.7. The van der Waals surface area contributed by atoms with Crippen molar-refractivity contribution in [3.05, 3.63) is 23.3 Å². The van der Waals surface area contributed by atoms with Crippen LogP contribution in [0.15, 0.2) is 12.1 Å². The topological polar surface area (TPSA) is 91.0 Å². The van der Waals surface area contributed by atoms with Crippen molar-refractivity contribution >= 4 is 23.4 Å². The molecule has 0 spiro atoms. The van der Waals surface area contributed by atoms with Crippen molar-refractivity contribution in [3.63, 3.8) is 0 Å². The van der Waals surface area contributed by atoms with Gasteiger partial charge in [0.2, 0.25) is 0 Å². The monoisotopic (exact) mass is 658 g/mol. The van der Waals surface area contributed by atoms with Gasteiger partial charge in [0.15, 0.2) is 5.60 Å². The normalized spacial score (nSPS) is 20.2. The van der Waals surface area contributed by atoms with Gasteiger partial charge in [-0.05, 0) is 84.4 Å². The van der Waals surface area contributed by atoms with Gasteiger partial charge in [0.25, 0.3) is 17.7 Å². The highest BCUT2D eigenvalue weighted by molar-refractivity contribution is 6.05. The molecule has 16 heteroatoms. The third-order valence-electron chi connectivity index (χ3n) is 7.94. The van der Waals surface area contributed by atoms with Crippen molar-refractivity contribution < 1.29 is 54.2 Å². The molecule has 0 bridgehead atoms. The van der Waals surface area contributed by atoms with Crippen molar-refractivity contribution in [3.8, 4) is 5.75 Å². The maximum atomic E-state index is 14.4. The lowest BCUT2D eigenvalue weighted by atomic mass is 9.82. The Morgan fingerprint density at radius 3 is 2.20 bits per heavy atom. The van der Waals surface area contributed by atoms with E-state index in [-0.39, 0.29) is 30.4 Å². The zero-order valence-electron chi connectivity index (χ0n) is 25.4.